The third-order valence-electron chi connectivity index (χ3n) is 6.23. The summed E-state index contributed by atoms with van der Waals surface area (Å²) in [6.07, 6.45) is 0. The maximum Gasteiger partial charge on any atom is 0.264 e. The number of rotatable bonds is 12. The zero-order valence-corrected chi connectivity index (χ0v) is 23.7. The van der Waals surface area contributed by atoms with Gasteiger partial charge in [0.15, 0.2) is 0 Å². The second kappa shape index (κ2) is 13.1. The Hall–Kier alpha value is -4.05. The number of carbonyl (C=O) groups is 2. The lowest BCUT2D eigenvalue weighted by molar-refractivity contribution is -0.139. The number of sulfonamides is 1. The number of benzene rings is 3. The van der Waals surface area contributed by atoms with Gasteiger partial charge in [-0.3, -0.25) is 13.9 Å². The first kappa shape index (κ1) is 29.5. The maximum atomic E-state index is 13.9. The summed E-state index contributed by atoms with van der Waals surface area (Å²) < 4.78 is 39.5. The molecular weight excluding hydrogens is 518 g/mol. The minimum atomic E-state index is -4.23. The number of hydrogen-bond acceptors (Lipinski definition) is 6. The Morgan fingerprint density at radius 2 is 1.64 bits per heavy atom. The molecule has 0 aromatic heterocycles. The van der Waals surface area contributed by atoms with Gasteiger partial charge in [-0.2, -0.15) is 0 Å². The molecule has 2 amide bonds. The maximum absolute atomic E-state index is 13.9. The topological polar surface area (TPSA) is 105 Å². The van der Waals surface area contributed by atoms with E-state index in [9.17, 15) is 18.0 Å². The molecule has 0 aliphatic rings. The van der Waals surface area contributed by atoms with Crippen molar-refractivity contribution in [3.8, 4) is 11.5 Å². The average molecular weight is 554 g/mol. The van der Waals surface area contributed by atoms with Crippen molar-refractivity contribution < 1.29 is 27.5 Å². The molecule has 1 atom stereocenters. The zero-order chi connectivity index (χ0) is 28.6. The lowest BCUT2D eigenvalue weighted by Gasteiger charge is -2.32. The Morgan fingerprint density at radius 3 is 2.26 bits per heavy atom. The summed E-state index contributed by atoms with van der Waals surface area (Å²) in [7, 11) is -1.31. The van der Waals surface area contributed by atoms with Crippen LogP contribution in [-0.4, -0.2) is 58.5 Å². The predicted octanol–water partition coefficient (Wildman–Crippen LogP) is 3.76. The van der Waals surface area contributed by atoms with Gasteiger partial charge in [-0.25, -0.2) is 8.42 Å². The molecule has 1 unspecified atom stereocenters. The van der Waals surface area contributed by atoms with Crippen molar-refractivity contribution in [2.45, 2.75) is 38.3 Å². The summed E-state index contributed by atoms with van der Waals surface area (Å²) in [6, 6.07) is 19.3. The van der Waals surface area contributed by atoms with Crippen molar-refractivity contribution >= 4 is 27.5 Å². The van der Waals surface area contributed by atoms with Crippen molar-refractivity contribution in [1.29, 1.82) is 0 Å². The highest BCUT2D eigenvalue weighted by Gasteiger charge is 2.33. The molecule has 208 valence electrons. The molecule has 0 aliphatic carbocycles. The summed E-state index contributed by atoms with van der Waals surface area (Å²) in [5.41, 5.74) is 2.02. The van der Waals surface area contributed by atoms with Crippen LogP contribution in [0.5, 0.6) is 11.5 Å². The number of hydrogen-bond donors (Lipinski definition) is 1. The van der Waals surface area contributed by atoms with Crippen molar-refractivity contribution in [1.82, 2.24) is 10.2 Å². The van der Waals surface area contributed by atoms with Crippen LogP contribution >= 0.6 is 0 Å². The van der Waals surface area contributed by atoms with Crippen molar-refractivity contribution in [2.75, 3.05) is 31.6 Å². The van der Waals surface area contributed by atoms with E-state index in [1.165, 1.54) is 43.4 Å². The fraction of sp³-hybridized carbons (Fsp3) is 0.310. The third kappa shape index (κ3) is 7.08. The first-order valence-corrected chi connectivity index (χ1v) is 14.0. The van der Waals surface area contributed by atoms with Crippen LogP contribution in [0.4, 0.5) is 5.69 Å². The number of likely N-dealkylation sites (N-methyl/N-ethyl adjacent to an activating group) is 1. The molecule has 0 aliphatic heterocycles. The van der Waals surface area contributed by atoms with Gasteiger partial charge in [-0.05, 0) is 62.7 Å². The number of nitrogens with one attached hydrogen (secondary N) is 1. The molecule has 1 N–H and O–H groups in total. The molecule has 0 heterocycles. The summed E-state index contributed by atoms with van der Waals surface area (Å²) in [5, 5.41) is 2.75. The molecular formula is C29H35N3O6S. The monoisotopic (exact) mass is 553 g/mol. The van der Waals surface area contributed by atoms with Gasteiger partial charge in [-0.1, -0.05) is 42.0 Å². The van der Waals surface area contributed by atoms with Gasteiger partial charge in [0.2, 0.25) is 11.8 Å². The normalized spacial score (nSPS) is 11.8. The molecule has 3 aromatic carbocycles. The fourth-order valence-corrected chi connectivity index (χ4v) is 5.56. The van der Waals surface area contributed by atoms with E-state index in [0.29, 0.717) is 12.3 Å². The lowest BCUT2D eigenvalue weighted by atomic mass is 10.1. The Bertz CT molecular complexity index is 1390. The van der Waals surface area contributed by atoms with Gasteiger partial charge < -0.3 is 19.7 Å². The molecule has 3 aromatic rings. The lowest BCUT2D eigenvalue weighted by Crippen LogP contribution is -2.51. The van der Waals surface area contributed by atoms with Gasteiger partial charge in [-0.15, -0.1) is 0 Å². The molecule has 0 saturated carbocycles. The first-order valence-electron chi connectivity index (χ1n) is 12.5. The zero-order valence-electron chi connectivity index (χ0n) is 22.9. The number of aryl methyl sites for hydroxylation is 1. The van der Waals surface area contributed by atoms with Crippen LogP contribution in [0.3, 0.4) is 0 Å². The Balaban J connectivity index is 2.07. The molecule has 39 heavy (non-hydrogen) atoms. The van der Waals surface area contributed by atoms with Crippen LogP contribution in [-0.2, 0) is 26.2 Å². The summed E-state index contributed by atoms with van der Waals surface area (Å²) in [5.74, 6) is -0.100. The van der Waals surface area contributed by atoms with Crippen LogP contribution in [0.1, 0.15) is 25.0 Å². The van der Waals surface area contributed by atoms with Gasteiger partial charge in [0.1, 0.15) is 24.1 Å². The molecule has 9 nitrogen and oxygen atoms in total. The predicted molar refractivity (Wildman–Crippen MR) is 150 cm³/mol. The van der Waals surface area contributed by atoms with E-state index in [0.717, 1.165) is 15.4 Å². The standard InChI is InChI=1S/C29H35N3O6S/c1-6-30-29(34)22(3)31(19-23-11-9-10-21(2)18-23)28(33)20-32(26-12-7-8-13-27(26)38-5)39(35,36)25-16-14-24(37-4)15-17-25/h7-18,22H,6,19-20H2,1-5H3,(H,30,34). The Kier molecular flexibility index (Phi) is 9.95. The van der Waals surface area contributed by atoms with Gasteiger partial charge in [0.05, 0.1) is 24.8 Å². The highest BCUT2D eigenvalue weighted by atomic mass is 32.2. The molecule has 0 radical (unpaired) electrons. The second-order valence-electron chi connectivity index (χ2n) is 8.94. The van der Waals surface area contributed by atoms with Gasteiger partial charge in [0, 0.05) is 13.1 Å². The average Bonchev–Trinajstić information content (AvgIpc) is 2.94. The van der Waals surface area contributed by atoms with Crippen LogP contribution in [0.15, 0.2) is 77.7 Å². The number of methoxy groups -OCH3 is 2. The van der Waals surface area contributed by atoms with Gasteiger partial charge in [0.25, 0.3) is 10.0 Å². The fourth-order valence-electron chi connectivity index (χ4n) is 4.14. The number of ether oxygens (including phenoxy) is 2. The Morgan fingerprint density at radius 1 is 0.949 bits per heavy atom. The molecule has 0 fully saturated rings. The van der Waals surface area contributed by atoms with Crippen molar-refractivity contribution in [3.63, 3.8) is 0 Å². The van der Waals surface area contributed by atoms with Crippen LogP contribution in [0, 0.1) is 6.92 Å². The van der Waals surface area contributed by atoms with E-state index in [2.05, 4.69) is 5.32 Å². The highest BCUT2D eigenvalue weighted by Crippen LogP contribution is 2.33. The third-order valence-corrected chi connectivity index (χ3v) is 8.01. The largest absolute Gasteiger partial charge is 0.497 e. The number of nitrogens with zero attached hydrogens (tertiary/aromatic N) is 2. The summed E-state index contributed by atoms with van der Waals surface area (Å²) >= 11 is 0. The van der Waals surface area contributed by atoms with Crippen molar-refractivity contribution in [3.05, 3.63) is 83.9 Å². The van der Waals surface area contributed by atoms with E-state index in [1.54, 1.807) is 38.1 Å². The number of para-hydroxylation sites is 2. The highest BCUT2D eigenvalue weighted by molar-refractivity contribution is 7.92. The minimum Gasteiger partial charge on any atom is -0.497 e. The van der Waals surface area contributed by atoms with Gasteiger partial charge >= 0.3 is 0 Å². The summed E-state index contributed by atoms with van der Waals surface area (Å²) in [4.78, 5) is 28.1. The minimum absolute atomic E-state index is 0.0241. The van der Waals surface area contributed by atoms with Crippen molar-refractivity contribution in [2.24, 2.45) is 0 Å². The van der Waals surface area contributed by atoms with Crippen LogP contribution in [0.2, 0.25) is 0 Å². The van der Waals surface area contributed by atoms with E-state index in [1.807, 2.05) is 31.2 Å². The summed E-state index contributed by atoms with van der Waals surface area (Å²) in [6.45, 7) is 5.33. The van der Waals surface area contributed by atoms with E-state index < -0.39 is 28.5 Å². The van der Waals surface area contributed by atoms with E-state index in [4.69, 9.17) is 9.47 Å². The number of carbonyl (C=O) groups excluding carboxylic acids is 2. The van der Waals surface area contributed by atoms with Crippen LogP contribution in [0.25, 0.3) is 0 Å². The second-order valence-corrected chi connectivity index (χ2v) is 10.8. The Labute approximate surface area is 230 Å². The van der Waals surface area contributed by atoms with E-state index in [-0.39, 0.29) is 28.8 Å². The first-order chi connectivity index (χ1) is 18.6. The number of amides is 2. The van der Waals surface area contributed by atoms with Crippen LogP contribution < -0.4 is 19.1 Å². The number of anilines is 1. The molecule has 0 spiro atoms. The quantitative estimate of drug-likeness (QED) is 0.366. The molecule has 10 heteroatoms. The van der Waals surface area contributed by atoms with E-state index >= 15 is 0 Å². The molecule has 0 bridgehead atoms. The SMILES string of the molecule is CCNC(=O)C(C)N(Cc1cccc(C)c1)C(=O)CN(c1ccccc1OC)S(=O)(=O)c1ccc(OC)cc1. The molecule has 0 saturated heterocycles. The molecule has 3 rings (SSSR count). The smallest absolute Gasteiger partial charge is 0.264 e.